The molecule has 0 saturated carbocycles. The molecule has 130 valence electrons. The van der Waals surface area contributed by atoms with Gasteiger partial charge in [0.2, 0.25) is 6.79 Å². The number of anilines is 1. The molecule has 1 N–H and O–H groups in total. The second-order valence-electron chi connectivity index (χ2n) is 5.86. The van der Waals surface area contributed by atoms with Crippen molar-refractivity contribution in [1.29, 1.82) is 0 Å². The maximum Gasteiger partial charge on any atom is 0.270 e. The topological polar surface area (TPSA) is 67.9 Å². The van der Waals surface area contributed by atoms with E-state index in [0.29, 0.717) is 22.7 Å². The van der Waals surface area contributed by atoms with Gasteiger partial charge >= 0.3 is 0 Å². The molecule has 0 unspecified atom stereocenters. The molecular formula is C19H14N2O4S. The first-order valence-electron chi connectivity index (χ1n) is 7.91. The van der Waals surface area contributed by atoms with E-state index >= 15 is 0 Å². The quantitative estimate of drug-likeness (QED) is 0.503. The van der Waals surface area contributed by atoms with Gasteiger partial charge in [0.25, 0.3) is 11.8 Å². The molecule has 7 heteroatoms. The van der Waals surface area contributed by atoms with E-state index in [0.717, 1.165) is 5.56 Å². The summed E-state index contributed by atoms with van der Waals surface area (Å²) in [7, 11) is 0. The number of nitrogens with one attached hydrogen (secondary N) is 1. The minimum atomic E-state index is -0.524. The number of amides is 2. The number of aryl methyl sites for hydroxylation is 1. The Bertz CT molecular complexity index is 969. The van der Waals surface area contributed by atoms with E-state index in [1.54, 1.807) is 36.4 Å². The van der Waals surface area contributed by atoms with Crippen molar-refractivity contribution in [2.24, 2.45) is 0 Å². The number of hydrogen-bond donors (Lipinski definition) is 1. The molecule has 26 heavy (non-hydrogen) atoms. The number of benzene rings is 2. The summed E-state index contributed by atoms with van der Waals surface area (Å²) < 4.78 is 10.7. The fourth-order valence-corrected chi connectivity index (χ4v) is 3.12. The fourth-order valence-electron chi connectivity index (χ4n) is 2.84. The monoisotopic (exact) mass is 366 g/mol. The number of fused-ring (bicyclic) bond motifs is 1. The highest BCUT2D eigenvalue weighted by molar-refractivity contribution is 7.80. The van der Waals surface area contributed by atoms with Gasteiger partial charge in [-0.3, -0.25) is 19.8 Å². The Hall–Kier alpha value is -3.19. The van der Waals surface area contributed by atoms with Gasteiger partial charge in [0.1, 0.15) is 5.57 Å². The average molecular weight is 366 g/mol. The van der Waals surface area contributed by atoms with Crippen molar-refractivity contribution in [2.45, 2.75) is 6.92 Å². The van der Waals surface area contributed by atoms with Crippen molar-refractivity contribution >= 4 is 40.9 Å². The Morgan fingerprint density at radius 1 is 1.12 bits per heavy atom. The van der Waals surface area contributed by atoms with E-state index in [2.05, 4.69) is 5.32 Å². The van der Waals surface area contributed by atoms with E-state index < -0.39 is 11.8 Å². The predicted molar refractivity (Wildman–Crippen MR) is 99.9 cm³/mol. The molecule has 2 aliphatic rings. The Morgan fingerprint density at radius 2 is 1.81 bits per heavy atom. The maximum absolute atomic E-state index is 12.9. The molecule has 1 fully saturated rings. The summed E-state index contributed by atoms with van der Waals surface area (Å²) in [6.07, 6.45) is 1.55. The molecule has 0 spiro atoms. The van der Waals surface area contributed by atoms with Crippen LogP contribution in [0.4, 0.5) is 5.69 Å². The number of thiocarbonyl (C=S) groups is 1. The largest absolute Gasteiger partial charge is 0.454 e. The minimum absolute atomic E-state index is 0.00409. The SMILES string of the molecule is Cc1cc2c(cc1/C=C1\C(=O)NC(=S)N(c3ccccc3)C1=O)OCO2. The molecular weight excluding hydrogens is 352 g/mol. The van der Waals surface area contributed by atoms with Crippen molar-refractivity contribution in [3.63, 3.8) is 0 Å². The third-order valence-electron chi connectivity index (χ3n) is 4.18. The van der Waals surface area contributed by atoms with Crippen LogP contribution in [0.1, 0.15) is 11.1 Å². The minimum Gasteiger partial charge on any atom is -0.454 e. The van der Waals surface area contributed by atoms with Gasteiger partial charge in [-0.1, -0.05) is 18.2 Å². The Balaban J connectivity index is 1.76. The van der Waals surface area contributed by atoms with Crippen LogP contribution < -0.4 is 19.7 Å². The zero-order valence-electron chi connectivity index (χ0n) is 13.8. The van der Waals surface area contributed by atoms with E-state index in [-0.39, 0.29) is 17.5 Å². The third-order valence-corrected chi connectivity index (χ3v) is 4.46. The summed E-state index contributed by atoms with van der Waals surface area (Å²) >= 11 is 5.18. The molecule has 6 nitrogen and oxygen atoms in total. The standard InChI is InChI=1S/C19H14N2O4S/c1-11-7-15-16(25-10-24-15)9-12(11)8-14-17(22)20-19(26)21(18(14)23)13-5-3-2-4-6-13/h2-9H,10H2,1H3,(H,20,22,26)/b14-8+. The lowest BCUT2D eigenvalue weighted by atomic mass is 10.0. The normalized spacial score (nSPS) is 17.7. The summed E-state index contributed by atoms with van der Waals surface area (Å²) in [5.41, 5.74) is 2.16. The molecule has 4 rings (SSSR count). The van der Waals surface area contributed by atoms with Crippen LogP contribution in [-0.2, 0) is 9.59 Å². The van der Waals surface area contributed by atoms with E-state index in [9.17, 15) is 9.59 Å². The van der Waals surface area contributed by atoms with E-state index in [4.69, 9.17) is 21.7 Å². The molecule has 2 aromatic carbocycles. The Kier molecular flexibility index (Phi) is 3.93. The molecule has 0 atom stereocenters. The van der Waals surface area contributed by atoms with Crippen molar-refractivity contribution < 1.29 is 19.1 Å². The highest BCUT2D eigenvalue weighted by atomic mass is 32.1. The van der Waals surface area contributed by atoms with Gasteiger partial charge in [-0.2, -0.15) is 0 Å². The number of carbonyl (C=O) groups is 2. The first-order chi connectivity index (χ1) is 12.5. The van der Waals surface area contributed by atoms with Crippen LogP contribution in [0.5, 0.6) is 11.5 Å². The molecule has 2 amide bonds. The first-order valence-corrected chi connectivity index (χ1v) is 8.32. The lowest BCUT2D eigenvalue weighted by molar-refractivity contribution is -0.122. The van der Waals surface area contributed by atoms with Crippen LogP contribution in [0.3, 0.4) is 0 Å². The number of nitrogens with zero attached hydrogens (tertiary/aromatic N) is 1. The smallest absolute Gasteiger partial charge is 0.270 e. The lowest BCUT2D eigenvalue weighted by Crippen LogP contribution is -2.54. The summed E-state index contributed by atoms with van der Waals surface area (Å²) in [6, 6.07) is 12.5. The van der Waals surface area contributed by atoms with Gasteiger partial charge < -0.3 is 9.47 Å². The van der Waals surface area contributed by atoms with Gasteiger partial charge in [0.15, 0.2) is 16.6 Å². The van der Waals surface area contributed by atoms with Crippen LogP contribution in [0, 0.1) is 6.92 Å². The summed E-state index contributed by atoms with van der Waals surface area (Å²) in [5.74, 6) is 0.240. The first kappa shape index (κ1) is 16.3. The zero-order chi connectivity index (χ0) is 18.3. The van der Waals surface area contributed by atoms with Crippen LogP contribution in [0.2, 0.25) is 0 Å². The summed E-state index contributed by atoms with van der Waals surface area (Å²) in [6.45, 7) is 2.03. The highest BCUT2D eigenvalue weighted by Crippen LogP contribution is 2.35. The summed E-state index contributed by atoms with van der Waals surface area (Å²) in [5, 5.41) is 2.63. The average Bonchev–Trinajstić information content (AvgIpc) is 3.06. The highest BCUT2D eigenvalue weighted by Gasteiger charge is 2.34. The molecule has 0 aliphatic carbocycles. The molecule has 2 aliphatic heterocycles. The second kappa shape index (κ2) is 6.27. The zero-order valence-corrected chi connectivity index (χ0v) is 14.6. The number of rotatable bonds is 2. The van der Waals surface area contributed by atoms with Crippen LogP contribution in [0.15, 0.2) is 48.0 Å². The van der Waals surface area contributed by atoms with Gasteiger partial charge in [-0.25, -0.2) is 0 Å². The van der Waals surface area contributed by atoms with Crippen LogP contribution in [0.25, 0.3) is 6.08 Å². The van der Waals surface area contributed by atoms with Crippen molar-refractivity contribution in [3.8, 4) is 11.5 Å². The number of carbonyl (C=O) groups excluding carboxylic acids is 2. The number of ether oxygens (including phenoxy) is 2. The molecule has 0 aromatic heterocycles. The van der Waals surface area contributed by atoms with Gasteiger partial charge in [-0.05, 0) is 60.6 Å². The lowest BCUT2D eigenvalue weighted by Gasteiger charge is -2.28. The van der Waals surface area contributed by atoms with Crippen LogP contribution >= 0.6 is 12.2 Å². The van der Waals surface area contributed by atoms with Gasteiger partial charge in [-0.15, -0.1) is 0 Å². The van der Waals surface area contributed by atoms with Crippen LogP contribution in [-0.4, -0.2) is 23.7 Å². The van der Waals surface area contributed by atoms with Gasteiger partial charge in [0, 0.05) is 0 Å². The molecule has 1 saturated heterocycles. The van der Waals surface area contributed by atoms with Crippen molar-refractivity contribution in [1.82, 2.24) is 5.32 Å². The van der Waals surface area contributed by atoms with Gasteiger partial charge in [0.05, 0.1) is 5.69 Å². The molecule has 2 heterocycles. The number of hydrogen-bond acceptors (Lipinski definition) is 5. The predicted octanol–water partition coefficient (Wildman–Crippen LogP) is 2.56. The van der Waals surface area contributed by atoms with Crippen molar-refractivity contribution in [2.75, 3.05) is 11.7 Å². The van der Waals surface area contributed by atoms with E-state index in [1.807, 2.05) is 19.1 Å². The molecule has 2 aromatic rings. The van der Waals surface area contributed by atoms with E-state index in [1.165, 1.54) is 4.90 Å². The fraction of sp³-hybridized carbons (Fsp3) is 0.105. The Labute approximate surface area is 155 Å². The third kappa shape index (κ3) is 2.72. The molecule has 0 radical (unpaired) electrons. The second-order valence-corrected chi connectivity index (χ2v) is 6.24. The summed E-state index contributed by atoms with van der Waals surface area (Å²) in [4.78, 5) is 26.6. The molecule has 0 bridgehead atoms. The van der Waals surface area contributed by atoms with Crippen molar-refractivity contribution in [3.05, 3.63) is 59.2 Å². The maximum atomic E-state index is 12.9. The Morgan fingerprint density at radius 3 is 2.54 bits per heavy atom. The number of para-hydroxylation sites is 1.